The molecule has 0 heterocycles. The van der Waals surface area contributed by atoms with Gasteiger partial charge < -0.3 is 0 Å². The highest BCUT2D eigenvalue weighted by Crippen LogP contribution is 2.38. The fraction of sp³-hybridized carbons (Fsp3) is 0.294. The third-order valence-electron chi connectivity index (χ3n) is 3.72. The van der Waals surface area contributed by atoms with Crippen LogP contribution in [0.25, 0.3) is 0 Å². The average Bonchev–Trinajstić information content (AvgIpc) is 2.59. The molecule has 13 heteroatoms. The second kappa shape index (κ2) is 8.10. The van der Waals surface area contributed by atoms with Crippen LogP contribution in [0.15, 0.2) is 53.4 Å². The van der Waals surface area contributed by atoms with Gasteiger partial charge in [-0.25, -0.2) is 0 Å². The van der Waals surface area contributed by atoms with Gasteiger partial charge in [0.2, 0.25) is 0 Å². The van der Waals surface area contributed by atoms with E-state index in [0.29, 0.717) is 0 Å². The number of hydrogen-bond donors (Lipinski definition) is 0. The molecule has 3 nitrogen and oxygen atoms in total. The minimum atomic E-state index is -5.65. The normalized spacial score (nSPS) is 14.6. The number of benzene rings is 2. The van der Waals surface area contributed by atoms with Crippen LogP contribution in [0.3, 0.4) is 0 Å². The van der Waals surface area contributed by atoms with Crippen molar-refractivity contribution in [3.63, 3.8) is 0 Å². The van der Waals surface area contributed by atoms with E-state index in [1.165, 1.54) is 30.3 Å². The summed E-state index contributed by atoms with van der Waals surface area (Å²) in [7, 11) is -5.65. The first-order valence-corrected chi connectivity index (χ1v) is 9.24. The maximum absolute atomic E-state index is 13.2. The summed E-state index contributed by atoms with van der Waals surface area (Å²) in [5.41, 5.74) is -4.03. The highest BCUT2D eigenvalue weighted by Gasteiger charge is 2.45. The summed E-state index contributed by atoms with van der Waals surface area (Å²) < 4.78 is 145. The summed E-state index contributed by atoms with van der Waals surface area (Å²) in [6.45, 7) is 0. The summed E-state index contributed by atoms with van der Waals surface area (Å²) in [6, 6.07) is 5.77. The molecule has 0 saturated carbocycles. The largest absolute Gasteiger partial charge is 0.416 e. The Morgan fingerprint density at radius 3 is 1.63 bits per heavy atom. The molecule has 2 aromatic carbocycles. The van der Waals surface area contributed by atoms with E-state index in [-0.39, 0.29) is 23.8 Å². The van der Waals surface area contributed by atoms with Crippen molar-refractivity contribution in [3.05, 3.63) is 65.2 Å². The Balaban J connectivity index is 2.50. The molecule has 0 fully saturated rings. The van der Waals surface area contributed by atoms with Crippen LogP contribution in [0.4, 0.5) is 39.5 Å². The van der Waals surface area contributed by atoms with Gasteiger partial charge in [-0.15, -0.1) is 0 Å². The van der Waals surface area contributed by atoms with Gasteiger partial charge in [-0.3, -0.25) is 4.18 Å². The maximum atomic E-state index is 13.2. The van der Waals surface area contributed by atoms with E-state index in [9.17, 15) is 47.9 Å². The van der Waals surface area contributed by atoms with Gasteiger partial charge in [0.15, 0.2) is 6.10 Å². The van der Waals surface area contributed by atoms with E-state index in [4.69, 9.17) is 0 Å². The van der Waals surface area contributed by atoms with Crippen molar-refractivity contribution in [1.29, 1.82) is 0 Å². The number of rotatable bonds is 5. The summed E-state index contributed by atoms with van der Waals surface area (Å²) in [5, 5.41) is 0. The van der Waals surface area contributed by atoms with E-state index in [0.717, 1.165) is 0 Å². The van der Waals surface area contributed by atoms with Crippen molar-refractivity contribution in [1.82, 2.24) is 0 Å². The lowest BCUT2D eigenvalue weighted by molar-refractivity contribution is -0.193. The van der Waals surface area contributed by atoms with Gasteiger partial charge in [0.05, 0.1) is 16.0 Å². The van der Waals surface area contributed by atoms with Crippen LogP contribution in [0, 0.1) is 0 Å². The third kappa shape index (κ3) is 6.11. The standard InChI is InChI=1S/C17H11F9O3S/c18-15(19,20)11-7-12(16(21,22)23)9-13(8-11)30(27,28)29-14(17(24,25)26)6-10-4-2-1-3-5-10/h1-5,7-9,14H,6H2/t14-/m1/s1. The topological polar surface area (TPSA) is 43.4 Å². The zero-order chi connectivity index (χ0) is 23.0. The first-order chi connectivity index (χ1) is 13.5. The van der Waals surface area contributed by atoms with Crippen LogP contribution in [0.2, 0.25) is 0 Å². The predicted molar refractivity (Wildman–Crippen MR) is 84.7 cm³/mol. The molecule has 0 bridgehead atoms. The molecule has 2 aromatic rings. The van der Waals surface area contributed by atoms with Gasteiger partial charge >= 0.3 is 18.5 Å². The predicted octanol–water partition coefficient (Wildman–Crippen LogP) is 5.60. The van der Waals surface area contributed by atoms with Gasteiger partial charge in [-0.2, -0.15) is 47.9 Å². The van der Waals surface area contributed by atoms with E-state index in [2.05, 4.69) is 4.18 Å². The Morgan fingerprint density at radius 1 is 0.767 bits per heavy atom. The molecule has 2 rings (SSSR count). The maximum Gasteiger partial charge on any atom is 0.416 e. The van der Waals surface area contributed by atoms with Gasteiger partial charge in [0, 0.05) is 6.42 Å². The number of halogens is 9. The fourth-order valence-electron chi connectivity index (χ4n) is 2.31. The highest BCUT2D eigenvalue weighted by atomic mass is 32.2. The third-order valence-corrected chi connectivity index (χ3v) is 5.02. The Labute approximate surface area is 164 Å². The first-order valence-electron chi connectivity index (χ1n) is 7.83. The molecule has 0 aliphatic carbocycles. The fourth-order valence-corrected chi connectivity index (χ4v) is 3.45. The zero-order valence-electron chi connectivity index (χ0n) is 14.4. The highest BCUT2D eigenvalue weighted by molar-refractivity contribution is 7.86. The molecule has 0 aliphatic rings. The number of hydrogen-bond acceptors (Lipinski definition) is 3. The SMILES string of the molecule is O=S(=O)(O[C@H](Cc1ccccc1)C(F)(F)F)c1cc(C(F)(F)F)cc(C(F)(F)F)c1. The van der Waals surface area contributed by atoms with E-state index >= 15 is 0 Å². The number of alkyl halides is 9. The summed E-state index contributed by atoms with van der Waals surface area (Å²) in [4.78, 5) is -1.70. The molecule has 0 radical (unpaired) electrons. The van der Waals surface area contributed by atoms with Crippen molar-refractivity contribution in [2.75, 3.05) is 0 Å². The van der Waals surface area contributed by atoms with Crippen molar-refractivity contribution < 1.29 is 52.1 Å². The van der Waals surface area contributed by atoms with E-state index in [1.807, 2.05) is 0 Å². The van der Waals surface area contributed by atoms with Crippen LogP contribution in [-0.2, 0) is 33.1 Å². The Hall–Kier alpha value is -2.28. The molecule has 0 unspecified atom stereocenters. The molecule has 0 aliphatic heterocycles. The average molecular weight is 466 g/mol. The lowest BCUT2D eigenvalue weighted by atomic mass is 10.1. The van der Waals surface area contributed by atoms with Crippen molar-refractivity contribution in [2.24, 2.45) is 0 Å². The van der Waals surface area contributed by atoms with Crippen LogP contribution >= 0.6 is 0 Å². The molecule has 1 atom stereocenters. The minimum absolute atomic E-state index is 0.0185. The van der Waals surface area contributed by atoms with Crippen LogP contribution < -0.4 is 0 Å². The van der Waals surface area contributed by atoms with Gasteiger partial charge in [-0.05, 0) is 23.8 Å². The second-order valence-corrected chi connectivity index (χ2v) is 7.58. The van der Waals surface area contributed by atoms with E-state index < -0.39 is 57.2 Å². The van der Waals surface area contributed by atoms with Crippen molar-refractivity contribution in [3.8, 4) is 0 Å². The van der Waals surface area contributed by atoms with E-state index in [1.54, 1.807) is 0 Å². The quantitative estimate of drug-likeness (QED) is 0.426. The van der Waals surface area contributed by atoms with Crippen molar-refractivity contribution in [2.45, 2.75) is 35.9 Å². The van der Waals surface area contributed by atoms with Crippen LogP contribution in [0.5, 0.6) is 0 Å². The van der Waals surface area contributed by atoms with Gasteiger partial charge in [-0.1, -0.05) is 30.3 Å². The summed E-state index contributed by atoms with van der Waals surface area (Å²) in [5.74, 6) is 0. The Bertz CT molecular complexity index is 946. The summed E-state index contributed by atoms with van der Waals surface area (Å²) >= 11 is 0. The molecular formula is C17H11F9O3S. The lowest BCUT2D eigenvalue weighted by Crippen LogP contribution is -2.36. The lowest BCUT2D eigenvalue weighted by Gasteiger charge is -2.21. The molecule has 0 amide bonds. The molecule has 0 aromatic heterocycles. The first kappa shape index (κ1) is 24.0. The molecular weight excluding hydrogens is 455 g/mol. The second-order valence-electron chi connectivity index (χ2n) is 6.01. The van der Waals surface area contributed by atoms with Gasteiger partial charge in [0.1, 0.15) is 0 Å². The molecule has 0 saturated heterocycles. The molecule has 166 valence electrons. The molecule has 0 N–H and O–H groups in total. The monoisotopic (exact) mass is 466 g/mol. The Kier molecular flexibility index (Phi) is 6.48. The minimum Gasteiger partial charge on any atom is -0.253 e. The van der Waals surface area contributed by atoms with Crippen LogP contribution in [0.1, 0.15) is 16.7 Å². The summed E-state index contributed by atoms with van der Waals surface area (Å²) in [6.07, 6.45) is -20.1. The van der Waals surface area contributed by atoms with Crippen molar-refractivity contribution >= 4 is 10.1 Å². The van der Waals surface area contributed by atoms with Crippen LogP contribution in [-0.4, -0.2) is 20.7 Å². The van der Waals surface area contributed by atoms with Gasteiger partial charge in [0.25, 0.3) is 10.1 Å². The molecule has 30 heavy (non-hydrogen) atoms. The molecule has 0 spiro atoms. The smallest absolute Gasteiger partial charge is 0.253 e. The Morgan fingerprint density at radius 2 is 1.23 bits per heavy atom. The zero-order valence-corrected chi connectivity index (χ0v) is 15.3.